The number of azo groups is 1. The van der Waals surface area contributed by atoms with Crippen molar-refractivity contribution in [1.82, 2.24) is 0 Å². The molecule has 0 radical (unpaired) electrons. The largest absolute Gasteiger partial charge is 0.427 e. The molecule has 0 heterocycles. The lowest BCUT2D eigenvalue weighted by atomic mass is 10.2. The molecule has 0 saturated carbocycles. The minimum absolute atomic E-state index is 0.276. The maximum Gasteiger partial charge on any atom is 0.310 e. The topological polar surface area (TPSA) is 74.8 Å². The lowest BCUT2D eigenvalue weighted by Crippen LogP contribution is -2.04. The Morgan fingerprint density at radius 2 is 1.57 bits per heavy atom. The summed E-state index contributed by atoms with van der Waals surface area (Å²) in [5, 5.41) is 16.8. The molecule has 21 heavy (non-hydrogen) atoms. The Kier molecular flexibility index (Phi) is 4.78. The van der Waals surface area contributed by atoms with Gasteiger partial charge in [-0.15, -0.1) is 0 Å². The number of esters is 1. The van der Waals surface area contributed by atoms with Gasteiger partial charge in [0.25, 0.3) is 0 Å². The third-order valence-electron chi connectivity index (χ3n) is 2.63. The van der Waals surface area contributed by atoms with Crippen molar-refractivity contribution in [2.24, 2.45) is 10.2 Å². The SMILES string of the molecule is CCC(=O)Oc1ccc(N=Nc2ccc(C#N)cc2)cc1. The van der Waals surface area contributed by atoms with Gasteiger partial charge in [-0.25, -0.2) is 0 Å². The third-order valence-corrected chi connectivity index (χ3v) is 2.63. The smallest absolute Gasteiger partial charge is 0.310 e. The number of carbonyl (C=O) groups excluding carboxylic acids is 1. The van der Waals surface area contributed by atoms with Gasteiger partial charge in [0.1, 0.15) is 5.75 Å². The van der Waals surface area contributed by atoms with Crippen molar-refractivity contribution in [2.75, 3.05) is 0 Å². The van der Waals surface area contributed by atoms with Crippen LogP contribution in [-0.2, 0) is 4.79 Å². The van der Waals surface area contributed by atoms with Gasteiger partial charge in [-0.2, -0.15) is 15.5 Å². The summed E-state index contributed by atoms with van der Waals surface area (Å²) in [6.07, 6.45) is 0.333. The average Bonchev–Trinajstić information content (AvgIpc) is 2.54. The predicted molar refractivity (Wildman–Crippen MR) is 77.7 cm³/mol. The summed E-state index contributed by atoms with van der Waals surface area (Å²) in [6.45, 7) is 1.74. The van der Waals surface area contributed by atoms with Crippen molar-refractivity contribution in [3.05, 3.63) is 54.1 Å². The first-order valence-corrected chi connectivity index (χ1v) is 6.44. The monoisotopic (exact) mass is 279 g/mol. The van der Waals surface area contributed by atoms with Crippen LogP contribution in [0.5, 0.6) is 5.75 Å². The number of benzene rings is 2. The summed E-state index contributed by atoms with van der Waals surface area (Å²) in [4.78, 5) is 11.1. The molecule has 5 nitrogen and oxygen atoms in total. The molecule has 0 saturated heterocycles. The molecule has 0 N–H and O–H groups in total. The Hall–Kier alpha value is -3.00. The minimum Gasteiger partial charge on any atom is -0.427 e. The molecule has 0 unspecified atom stereocenters. The highest BCUT2D eigenvalue weighted by atomic mass is 16.5. The normalized spacial score (nSPS) is 10.3. The number of carbonyl (C=O) groups is 1. The van der Waals surface area contributed by atoms with E-state index in [0.717, 1.165) is 0 Å². The molecule has 2 aromatic rings. The van der Waals surface area contributed by atoms with Crippen LogP contribution >= 0.6 is 0 Å². The number of hydrogen-bond donors (Lipinski definition) is 0. The molecular formula is C16H13N3O2. The Morgan fingerprint density at radius 3 is 2.05 bits per heavy atom. The molecule has 104 valence electrons. The van der Waals surface area contributed by atoms with Gasteiger partial charge in [0, 0.05) is 6.42 Å². The van der Waals surface area contributed by atoms with E-state index in [0.29, 0.717) is 29.1 Å². The van der Waals surface area contributed by atoms with E-state index in [1.54, 1.807) is 55.5 Å². The molecule has 0 aliphatic carbocycles. The van der Waals surface area contributed by atoms with E-state index in [1.165, 1.54) is 0 Å². The fourth-order valence-corrected chi connectivity index (χ4v) is 1.50. The summed E-state index contributed by atoms with van der Waals surface area (Å²) in [6, 6.07) is 15.6. The van der Waals surface area contributed by atoms with Crippen LogP contribution in [0.3, 0.4) is 0 Å². The molecule has 0 bridgehead atoms. The first-order chi connectivity index (χ1) is 10.2. The zero-order chi connectivity index (χ0) is 15.1. The summed E-state index contributed by atoms with van der Waals surface area (Å²) < 4.78 is 5.06. The molecule has 5 heteroatoms. The molecule has 0 amide bonds. The molecule has 0 aliphatic rings. The molecule has 2 aromatic carbocycles. The minimum atomic E-state index is -0.276. The third kappa shape index (κ3) is 4.25. The maximum atomic E-state index is 11.1. The summed E-state index contributed by atoms with van der Waals surface area (Å²) in [5.74, 6) is 0.209. The van der Waals surface area contributed by atoms with E-state index in [2.05, 4.69) is 10.2 Å². The van der Waals surface area contributed by atoms with Crippen LogP contribution in [-0.4, -0.2) is 5.97 Å². The molecule has 0 aliphatic heterocycles. The molecule has 2 rings (SSSR count). The van der Waals surface area contributed by atoms with Gasteiger partial charge in [0.15, 0.2) is 0 Å². The standard InChI is InChI=1S/C16H13N3O2/c1-2-16(20)21-15-9-7-14(8-10-15)19-18-13-5-3-12(11-17)4-6-13/h3-10H,2H2,1H3. The summed E-state index contributed by atoms with van der Waals surface area (Å²) in [7, 11) is 0. The fraction of sp³-hybridized carbons (Fsp3) is 0.125. The van der Waals surface area contributed by atoms with E-state index in [4.69, 9.17) is 10.00 Å². The lowest BCUT2D eigenvalue weighted by Gasteiger charge is -2.01. The van der Waals surface area contributed by atoms with Crippen molar-refractivity contribution in [3.63, 3.8) is 0 Å². The Morgan fingerprint density at radius 1 is 1.05 bits per heavy atom. The van der Waals surface area contributed by atoms with Gasteiger partial charge >= 0.3 is 5.97 Å². The van der Waals surface area contributed by atoms with E-state index >= 15 is 0 Å². The Labute approximate surface area is 122 Å². The maximum absolute atomic E-state index is 11.1. The summed E-state index contributed by atoms with van der Waals surface area (Å²) in [5.41, 5.74) is 1.89. The van der Waals surface area contributed by atoms with Crippen molar-refractivity contribution in [2.45, 2.75) is 13.3 Å². The zero-order valence-electron chi connectivity index (χ0n) is 11.5. The highest BCUT2D eigenvalue weighted by Crippen LogP contribution is 2.21. The fourth-order valence-electron chi connectivity index (χ4n) is 1.50. The van der Waals surface area contributed by atoms with Crippen LogP contribution in [0.15, 0.2) is 58.8 Å². The molecular weight excluding hydrogens is 266 g/mol. The van der Waals surface area contributed by atoms with E-state index in [-0.39, 0.29) is 5.97 Å². The Bertz CT molecular complexity index is 683. The highest BCUT2D eigenvalue weighted by molar-refractivity contribution is 5.72. The molecule has 0 atom stereocenters. The lowest BCUT2D eigenvalue weighted by molar-refractivity contribution is -0.134. The first-order valence-electron chi connectivity index (χ1n) is 6.44. The number of ether oxygens (including phenoxy) is 1. The molecule has 0 aromatic heterocycles. The number of hydrogen-bond acceptors (Lipinski definition) is 5. The predicted octanol–water partition coefficient (Wildman–Crippen LogP) is 4.29. The van der Waals surface area contributed by atoms with Crippen LogP contribution in [0.1, 0.15) is 18.9 Å². The van der Waals surface area contributed by atoms with Gasteiger partial charge in [0.2, 0.25) is 0 Å². The van der Waals surface area contributed by atoms with Crippen molar-refractivity contribution in [3.8, 4) is 11.8 Å². The average molecular weight is 279 g/mol. The van der Waals surface area contributed by atoms with Crippen LogP contribution in [0.2, 0.25) is 0 Å². The molecule has 0 fully saturated rings. The van der Waals surface area contributed by atoms with Gasteiger partial charge in [-0.05, 0) is 48.5 Å². The number of nitrogens with zero attached hydrogens (tertiary/aromatic N) is 3. The van der Waals surface area contributed by atoms with Gasteiger partial charge in [-0.3, -0.25) is 4.79 Å². The van der Waals surface area contributed by atoms with E-state index in [9.17, 15) is 4.79 Å². The quantitative estimate of drug-likeness (QED) is 0.476. The summed E-state index contributed by atoms with van der Waals surface area (Å²) >= 11 is 0. The van der Waals surface area contributed by atoms with Gasteiger partial charge in [-0.1, -0.05) is 6.92 Å². The van der Waals surface area contributed by atoms with Crippen molar-refractivity contribution in [1.29, 1.82) is 5.26 Å². The highest BCUT2D eigenvalue weighted by Gasteiger charge is 2.01. The second kappa shape index (κ2) is 6.96. The van der Waals surface area contributed by atoms with E-state index in [1.807, 2.05) is 6.07 Å². The first kappa shape index (κ1) is 14.4. The van der Waals surface area contributed by atoms with Crippen molar-refractivity contribution < 1.29 is 9.53 Å². The second-order valence-corrected chi connectivity index (χ2v) is 4.18. The van der Waals surface area contributed by atoms with Crippen LogP contribution < -0.4 is 4.74 Å². The van der Waals surface area contributed by atoms with Crippen LogP contribution in [0.4, 0.5) is 11.4 Å². The van der Waals surface area contributed by atoms with Crippen LogP contribution in [0, 0.1) is 11.3 Å². The Balaban J connectivity index is 2.03. The van der Waals surface area contributed by atoms with Crippen molar-refractivity contribution >= 4 is 17.3 Å². The van der Waals surface area contributed by atoms with Gasteiger partial charge < -0.3 is 4.74 Å². The number of nitriles is 1. The van der Waals surface area contributed by atoms with Gasteiger partial charge in [0.05, 0.1) is 23.0 Å². The van der Waals surface area contributed by atoms with E-state index < -0.39 is 0 Å². The number of rotatable bonds is 4. The zero-order valence-corrected chi connectivity index (χ0v) is 11.5. The molecule has 0 spiro atoms. The van der Waals surface area contributed by atoms with Crippen LogP contribution in [0.25, 0.3) is 0 Å². The second-order valence-electron chi connectivity index (χ2n) is 4.18.